The predicted molar refractivity (Wildman–Crippen MR) is 90.8 cm³/mol. The number of unbranched alkanes of at least 4 members (excludes halogenated alkanes) is 2. The normalized spacial score (nSPS) is 11.7. The van der Waals surface area contributed by atoms with Gasteiger partial charge in [-0.3, -0.25) is 9.05 Å². The Morgan fingerprint density at radius 2 is 1.68 bits per heavy atom. The minimum Gasteiger partial charge on any atom is -0.404 e. The predicted octanol–water partition coefficient (Wildman–Crippen LogP) is 5.76. The molecule has 0 aliphatic rings. The van der Waals surface area contributed by atoms with Crippen molar-refractivity contribution in [2.45, 2.75) is 39.5 Å². The Labute approximate surface area is 145 Å². The molecule has 9 heteroatoms. The molecule has 0 radical (unpaired) electrons. The van der Waals surface area contributed by atoms with E-state index in [1.54, 1.807) is 0 Å². The maximum absolute atomic E-state index is 13.5. The fraction of sp³-hybridized carbons (Fsp3) is 0.615. The number of hydrogen-bond donors (Lipinski definition) is 0. The van der Waals surface area contributed by atoms with E-state index >= 15 is 0 Å². The summed E-state index contributed by atoms with van der Waals surface area (Å²) in [5.74, 6) is -1.05. The molecule has 0 spiro atoms. The van der Waals surface area contributed by atoms with Crippen LogP contribution in [0.1, 0.15) is 39.5 Å². The largest absolute Gasteiger partial charge is 0.404 e. The van der Waals surface area contributed by atoms with E-state index in [1.165, 1.54) is 6.07 Å². The molecule has 0 saturated carbocycles. The molecule has 0 unspecified atom stereocenters. The summed E-state index contributed by atoms with van der Waals surface area (Å²) in [4.78, 5) is 3.56. The Hall–Kier alpha value is 0.0300. The molecule has 126 valence electrons. The highest BCUT2D eigenvalue weighted by molar-refractivity contribution is 8.07. The third kappa shape index (κ3) is 6.65. The van der Waals surface area contributed by atoms with E-state index in [0.717, 1.165) is 25.7 Å². The lowest BCUT2D eigenvalue weighted by atomic mass is 10.4. The molecule has 1 aromatic rings. The van der Waals surface area contributed by atoms with Gasteiger partial charge in [-0.15, -0.1) is 0 Å². The molecule has 0 atom stereocenters. The molecule has 0 N–H and O–H groups in total. The Morgan fingerprint density at radius 1 is 1.14 bits per heavy atom. The van der Waals surface area contributed by atoms with Gasteiger partial charge in [0, 0.05) is 11.8 Å². The number of nitrogens with zero attached hydrogens (tertiary/aromatic N) is 1. The quantitative estimate of drug-likeness (QED) is 0.288. The van der Waals surface area contributed by atoms with Gasteiger partial charge in [-0.2, -0.15) is 9.37 Å². The molecule has 0 aliphatic carbocycles. The summed E-state index contributed by atoms with van der Waals surface area (Å²) in [6.45, 7) is 1.76. The van der Waals surface area contributed by atoms with Crippen LogP contribution in [0.2, 0.25) is 10.0 Å². The van der Waals surface area contributed by atoms with Crippen LogP contribution in [0.5, 0.6) is 5.88 Å². The van der Waals surface area contributed by atoms with Crippen LogP contribution >= 0.6 is 29.9 Å². The second kappa shape index (κ2) is 10.0. The van der Waals surface area contributed by atoms with E-state index in [-0.39, 0.29) is 15.9 Å². The molecule has 22 heavy (non-hydrogen) atoms. The summed E-state index contributed by atoms with van der Waals surface area (Å²) in [6.07, 6.45) is 3.52. The van der Waals surface area contributed by atoms with Gasteiger partial charge in [0.05, 0.1) is 18.2 Å². The summed E-state index contributed by atoms with van der Waals surface area (Å²) in [5, 5.41) is -0.136. The first-order chi connectivity index (χ1) is 10.4. The van der Waals surface area contributed by atoms with Crippen molar-refractivity contribution < 1.29 is 18.0 Å². The van der Waals surface area contributed by atoms with Crippen LogP contribution in [0.15, 0.2) is 6.07 Å². The van der Waals surface area contributed by atoms with Crippen LogP contribution in [-0.2, 0) is 20.9 Å². The first-order valence-electron chi connectivity index (χ1n) is 7.02. The standard InChI is InChI=1S/C13H19Cl2FNO3PS/c1-3-5-7-18-21(22,19-8-6-4-2)20-13-11(15)9-10(14)12(16)17-13/h9H,3-8H2,1-2H3. The minimum atomic E-state index is -3.09. The van der Waals surface area contributed by atoms with Gasteiger partial charge >= 0.3 is 6.72 Å². The fourth-order valence-corrected chi connectivity index (χ4v) is 3.68. The average Bonchev–Trinajstić information content (AvgIpc) is 2.45. The van der Waals surface area contributed by atoms with Gasteiger partial charge in [0.25, 0.3) is 0 Å². The molecule has 0 bridgehead atoms. The topological polar surface area (TPSA) is 40.6 Å². The van der Waals surface area contributed by atoms with E-state index in [9.17, 15) is 4.39 Å². The molecule has 0 aromatic carbocycles. The summed E-state index contributed by atoms with van der Waals surface area (Å²) >= 11 is 16.9. The molecular weight excluding hydrogens is 371 g/mol. The fourth-order valence-electron chi connectivity index (χ4n) is 1.33. The van der Waals surface area contributed by atoms with Crippen molar-refractivity contribution in [2.75, 3.05) is 13.2 Å². The van der Waals surface area contributed by atoms with Crippen molar-refractivity contribution in [1.29, 1.82) is 0 Å². The van der Waals surface area contributed by atoms with E-state index in [2.05, 4.69) is 4.98 Å². The van der Waals surface area contributed by atoms with Gasteiger partial charge in [-0.05, 0) is 18.9 Å². The summed E-state index contributed by atoms with van der Waals surface area (Å²) in [7, 11) is 0. The smallest absolute Gasteiger partial charge is 0.381 e. The first kappa shape index (κ1) is 20.1. The Morgan fingerprint density at radius 3 is 2.18 bits per heavy atom. The number of halogens is 3. The van der Waals surface area contributed by atoms with Gasteiger partial charge in [0.15, 0.2) is 0 Å². The SMILES string of the molecule is CCCCOP(=S)(OCCCC)Oc1nc(F)c(Cl)cc1Cl. The van der Waals surface area contributed by atoms with Crippen molar-refractivity contribution in [1.82, 2.24) is 4.98 Å². The van der Waals surface area contributed by atoms with Gasteiger partial charge in [-0.25, -0.2) is 0 Å². The van der Waals surface area contributed by atoms with Crippen LogP contribution in [0, 0.1) is 5.95 Å². The number of aromatic nitrogens is 1. The Kier molecular flexibility index (Phi) is 9.14. The number of rotatable bonds is 10. The van der Waals surface area contributed by atoms with Gasteiger partial charge < -0.3 is 4.52 Å². The summed E-state index contributed by atoms with van der Waals surface area (Å²) in [5.41, 5.74) is 0. The van der Waals surface area contributed by atoms with Crippen LogP contribution < -0.4 is 4.52 Å². The maximum atomic E-state index is 13.5. The second-order valence-corrected chi connectivity index (χ2v) is 8.21. The first-order valence-corrected chi connectivity index (χ1v) is 10.3. The van der Waals surface area contributed by atoms with Crippen molar-refractivity contribution in [2.24, 2.45) is 0 Å². The molecule has 0 amide bonds. The average molecular weight is 390 g/mol. The minimum absolute atomic E-state index is 0.0545. The van der Waals surface area contributed by atoms with Crippen LogP contribution in [0.25, 0.3) is 0 Å². The maximum Gasteiger partial charge on any atom is 0.381 e. The third-order valence-corrected chi connectivity index (χ3v) is 5.33. The number of pyridine rings is 1. The van der Waals surface area contributed by atoms with Crippen LogP contribution in [0.4, 0.5) is 4.39 Å². The molecule has 1 rings (SSSR count). The molecule has 0 fully saturated rings. The lowest BCUT2D eigenvalue weighted by Crippen LogP contribution is -2.06. The van der Waals surface area contributed by atoms with Crippen molar-refractivity contribution in [3.05, 3.63) is 22.1 Å². The van der Waals surface area contributed by atoms with Crippen molar-refractivity contribution >= 4 is 41.7 Å². The zero-order valence-corrected chi connectivity index (χ0v) is 15.7. The lowest BCUT2D eigenvalue weighted by Gasteiger charge is -2.22. The highest BCUT2D eigenvalue weighted by Crippen LogP contribution is 2.51. The summed E-state index contributed by atoms with van der Waals surface area (Å²) in [6, 6.07) is 1.21. The molecule has 0 saturated heterocycles. The Bertz CT molecular complexity index is 522. The lowest BCUT2D eigenvalue weighted by molar-refractivity contribution is 0.196. The molecule has 1 aromatic heterocycles. The third-order valence-electron chi connectivity index (χ3n) is 2.55. The van der Waals surface area contributed by atoms with E-state index in [1.807, 2.05) is 13.8 Å². The monoisotopic (exact) mass is 389 g/mol. The summed E-state index contributed by atoms with van der Waals surface area (Å²) < 4.78 is 30.1. The van der Waals surface area contributed by atoms with E-state index < -0.39 is 12.7 Å². The highest BCUT2D eigenvalue weighted by Gasteiger charge is 2.25. The zero-order chi connectivity index (χ0) is 16.6. The van der Waals surface area contributed by atoms with Gasteiger partial charge in [0.1, 0.15) is 5.02 Å². The zero-order valence-electron chi connectivity index (χ0n) is 12.5. The number of hydrogen-bond acceptors (Lipinski definition) is 5. The highest BCUT2D eigenvalue weighted by atomic mass is 35.5. The van der Waals surface area contributed by atoms with Crippen LogP contribution in [0.3, 0.4) is 0 Å². The van der Waals surface area contributed by atoms with Crippen LogP contribution in [-0.4, -0.2) is 18.2 Å². The van der Waals surface area contributed by atoms with Gasteiger partial charge in [-0.1, -0.05) is 49.9 Å². The molecular formula is C13H19Cl2FNO3PS. The van der Waals surface area contributed by atoms with E-state index in [4.69, 9.17) is 48.6 Å². The molecule has 4 nitrogen and oxygen atoms in total. The Balaban J connectivity index is 2.86. The van der Waals surface area contributed by atoms with Crippen molar-refractivity contribution in [3.8, 4) is 5.88 Å². The van der Waals surface area contributed by atoms with Gasteiger partial charge in [0.2, 0.25) is 11.8 Å². The van der Waals surface area contributed by atoms with E-state index in [0.29, 0.717) is 13.2 Å². The van der Waals surface area contributed by atoms with Crippen molar-refractivity contribution in [3.63, 3.8) is 0 Å². The molecule has 0 aliphatic heterocycles. The second-order valence-electron chi connectivity index (χ2n) is 4.46. The molecule has 1 heterocycles.